The third kappa shape index (κ3) is 4.43. The lowest BCUT2D eigenvalue weighted by Gasteiger charge is -2.19. The number of hydrogen-bond donors (Lipinski definition) is 1. The summed E-state index contributed by atoms with van der Waals surface area (Å²) in [6, 6.07) is 4.08. The molecule has 0 fully saturated rings. The fourth-order valence-electron chi connectivity index (χ4n) is 2.06. The average molecular weight is 241 g/mol. The monoisotopic (exact) mass is 241 g/mol. The molecule has 0 heterocycles. The zero-order chi connectivity index (χ0) is 12.8. The molecule has 3 heteroatoms. The molecule has 0 aliphatic rings. The van der Waals surface area contributed by atoms with E-state index in [2.05, 4.69) is 19.2 Å². The third-order valence-electron chi connectivity index (χ3n) is 3.14. The van der Waals surface area contributed by atoms with Gasteiger partial charge in [-0.25, -0.2) is 8.78 Å². The van der Waals surface area contributed by atoms with Gasteiger partial charge in [-0.3, -0.25) is 0 Å². The minimum Gasteiger partial charge on any atom is -0.317 e. The van der Waals surface area contributed by atoms with Gasteiger partial charge in [-0.1, -0.05) is 13.8 Å². The van der Waals surface area contributed by atoms with Crippen LogP contribution >= 0.6 is 0 Å². The Labute approximate surface area is 102 Å². The Kier molecular flexibility index (Phi) is 5.56. The number of rotatable bonds is 6. The predicted molar refractivity (Wildman–Crippen MR) is 67.0 cm³/mol. The first-order valence-corrected chi connectivity index (χ1v) is 6.15. The summed E-state index contributed by atoms with van der Waals surface area (Å²) in [5, 5.41) is 3.25. The van der Waals surface area contributed by atoms with Crippen LogP contribution < -0.4 is 5.32 Å². The van der Waals surface area contributed by atoms with Crippen LogP contribution in [0.3, 0.4) is 0 Å². The molecule has 1 aromatic rings. The normalized spacial score (nSPS) is 13.1. The lowest BCUT2D eigenvalue weighted by atomic mass is 9.97. The molecular formula is C14H21F2N. The van der Waals surface area contributed by atoms with E-state index in [0.29, 0.717) is 23.9 Å². The summed E-state index contributed by atoms with van der Waals surface area (Å²) in [6.45, 7) is 4.31. The Morgan fingerprint density at radius 1 is 1.24 bits per heavy atom. The predicted octanol–water partition coefficient (Wildman–Crippen LogP) is 3.53. The van der Waals surface area contributed by atoms with Crippen molar-refractivity contribution in [1.29, 1.82) is 0 Å². The van der Waals surface area contributed by atoms with E-state index in [1.807, 2.05) is 7.05 Å². The summed E-state index contributed by atoms with van der Waals surface area (Å²) in [5.74, 6) is -0.121. The summed E-state index contributed by atoms with van der Waals surface area (Å²) < 4.78 is 26.3. The topological polar surface area (TPSA) is 12.0 Å². The maximum atomic E-state index is 13.4. The summed E-state index contributed by atoms with van der Waals surface area (Å²) in [5.41, 5.74) is 0.476. The number of benzene rings is 1. The molecule has 0 saturated heterocycles. The second-order valence-corrected chi connectivity index (χ2v) is 4.77. The van der Waals surface area contributed by atoms with Crippen LogP contribution in [-0.2, 0) is 6.42 Å². The van der Waals surface area contributed by atoms with Gasteiger partial charge < -0.3 is 5.32 Å². The summed E-state index contributed by atoms with van der Waals surface area (Å²) >= 11 is 0. The molecule has 0 amide bonds. The first kappa shape index (κ1) is 14.1. The number of halogens is 2. The molecular weight excluding hydrogens is 220 g/mol. The van der Waals surface area contributed by atoms with Crippen LogP contribution in [0.15, 0.2) is 18.2 Å². The molecule has 1 nitrogen and oxygen atoms in total. The van der Waals surface area contributed by atoms with Crippen LogP contribution in [0.5, 0.6) is 0 Å². The Hall–Kier alpha value is -0.960. The molecule has 1 unspecified atom stereocenters. The van der Waals surface area contributed by atoms with Gasteiger partial charge in [-0.15, -0.1) is 0 Å². The van der Waals surface area contributed by atoms with Gasteiger partial charge in [-0.2, -0.15) is 0 Å². The standard InChI is InChI=1S/C14H21F2N/c1-10(2)14(17-3)6-4-5-11-9-12(15)7-8-13(11)16/h7-10,14,17H,4-6H2,1-3H3. The van der Waals surface area contributed by atoms with Crippen molar-refractivity contribution in [3.63, 3.8) is 0 Å². The first-order chi connectivity index (χ1) is 8.04. The van der Waals surface area contributed by atoms with Gasteiger partial charge in [0.25, 0.3) is 0 Å². The van der Waals surface area contributed by atoms with Crippen molar-refractivity contribution in [2.75, 3.05) is 7.05 Å². The van der Waals surface area contributed by atoms with E-state index in [0.717, 1.165) is 18.9 Å². The van der Waals surface area contributed by atoms with Gasteiger partial charge in [0.1, 0.15) is 11.6 Å². The zero-order valence-corrected chi connectivity index (χ0v) is 10.8. The van der Waals surface area contributed by atoms with Crippen LogP contribution in [0, 0.1) is 17.6 Å². The maximum Gasteiger partial charge on any atom is 0.126 e. The highest BCUT2D eigenvalue weighted by molar-refractivity contribution is 5.18. The minimum atomic E-state index is -0.365. The third-order valence-corrected chi connectivity index (χ3v) is 3.14. The van der Waals surface area contributed by atoms with Crippen LogP contribution in [0.1, 0.15) is 32.3 Å². The summed E-state index contributed by atoms with van der Waals surface area (Å²) in [7, 11) is 1.94. The molecule has 0 saturated carbocycles. The van der Waals surface area contributed by atoms with Gasteiger partial charge in [0.15, 0.2) is 0 Å². The Morgan fingerprint density at radius 2 is 1.94 bits per heavy atom. The van der Waals surface area contributed by atoms with E-state index in [4.69, 9.17) is 0 Å². The molecule has 96 valence electrons. The van der Waals surface area contributed by atoms with Gasteiger partial charge in [0.05, 0.1) is 0 Å². The smallest absolute Gasteiger partial charge is 0.126 e. The first-order valence-electron chi connectivity index (χ1n) is 6.15. The molecule has 0 aromatic heterocycles. The van der Waals surface area contributed by atoms with Gasteiger partial charge in [0.2, 0.25) is 0 Å². The van der Waals surface area contributed by atoms with Gasteiger partial charge in [0, 0.05) is 6.04 Å². The average Bonchev–Trinajstić information content (AvgIpc) is 2.28. The molecule has 17 heavy (non-hydrogen) atoms. The van der Waals surface area contributed by atoms with Crippen LogP contribution in [0.25, 0.3) is 0 Å². The molecule has 1 rings (SSSR count). The lowest BCUT2D eigenvalue weighted by Crippen LogP contribution is -2.30. The van der Waals surface area contributed by atoms with E-state index in [-0.39, 0.29) is 11.6 Å². The lowest BCUT2D eigenvalue weighted by molar-refractivity contribution is 0.392. The summed E-state index contributed by atoms with van der Waals surface area (Å²) in [6.07, 6.45) is 2.43. The van der Waals surface area contributed by atoms with Crippen LogP contribution in [0.2, 0.25) is 0 Å². The van der Waals surface area contributed by atoms with E-state index in [9.17, 15) is 8.78 Å². The van der Waals surface area contributed by atoms with E-state index in [1.54, 1.807) is 0 Å². The minimum absolute atomic E-state index is 0.308. The van der Waals surface area contributed by atoms with Crippen molar-refractivity contribution in [2.45, 2.75) is 39.2 Å². The molecule has 1 atom stereocenters. The SMILES string of the molecule is CNC(CCCc1cc(F)ccc1F)C(C)C. The highest BCUT2D eigenvalue weighted by Crippen LogP contribution is 2.15. The molecule has 0 radical (unpaired) electrons. The largest absolute Gasteiger partial charge is 0.317 e. The van der Waals surface area contributed by atoms with Crippen LogP contribution in [0.4, 0.5) is 8.78 Å². The van der Waals surface area contributed by atoms with Crippen molar-refractivity contribution in [1.82, 2.24) is 5.32 Å². The molecule has 0 aliphatic carbocycles. The number of nitrogens with one attached hydrogen (secondary N) is 1. The maximum absolute atomic E-state index is 13.4. The molecule has 0 aliphatic heterocycles. The van der Waals surface area contributed by atoms with E-state index < -0.39 is 0 Å². The van der Waals surface area contributed by atoms with E-state index in [1.165, 1.54) is 12.1 Å². The second-order valence-electron chi connectivity index (χ2n) is 4.77. The van der Waals surface area contributed by atoms with Gasteiger partial charge in [-0.05, 0) is 56.0 Å². The Bertz CT molecular complexity index is 350. The molecule has 0 bridgehead atoms. The van der Waals surface area contributed by atoms with Crippen LogP contribution in [-0.4, -0.2) is 13.1 Å². The fourth-order valence-corrected chi connectivity index (χ4v) is 2.06. The van der Waals surface area contributed by atoms with Crippen molar-refractivity contribution in [3.8, 4) is 0 Å². The molecule has 0 spiro atoms. The second kappa shape index (κ2) is 6.70. The molecule has 1 aromatic carbocycles. The highest BCUT2D eigenvalue weighted by atomic mass is 19.1. The fraction of sp³-hybridized carbons (Fsp3) is 0.571. The van der Waals surface area contributed by atoms with Crippen molar-refractivity contribution in [2.24, 2.45) is 5.92 Å². The van der Waals surface area contributed by atoms with Crippen molar-refractivity contribution >= 4 is 0 Å². The Balaban J connectivity index is 2.47. The van der Waals surface area contributed by atoms with E-state index >= 15 is 0 Å². The molecule has 1 N–H and O–H groups in total. The Morgan fingerprint density at radius 3 is 2.53 bits per heavy atom. The quantitative estimate of drug-likeness (QED) is 0.803. The van der Waals surface area contributed by atoms with Gasteiger partial charge >= 0.3 is 0 Å². The number of aryl methyl sites for hydroxylation is 1. The number of hydrogen-bond acceptors (Lipinski definition) is 1. The zero-order valence-electron chi connectivity index (χ0n) is 10.8. The van der Waals surface area contributed by atoms with Crippen molar-refractivity contribution < 1.29 is 8.78 Å². The highest BCUT2D eigenvalue weighted by Gasteiger charge is 2.11. The van der Waals surface area contributed by atoms with Crippen molar-refractivity contribution in [3.05, 3.63) is 35.4 Å². The summed E-state index contributed by atoms with van der Waals surface area (Å²) in [4.78, 5) is 0.